The molecule has 7 nitrogen and oxygen atoms in total. The maximum atomic E-state index is 13.7. The van der Waals surface area contributed by atoms with Crippen LogP contribution in [-0.4, -0.2) is 58.2 Å². The van der Waals surface area contributed by atoms with Crippen molar-refractivity contribution in [3.05, 3.63) is 24.0 Å². The molecule has 3 heterocycles. The van der Waals surface area contributed by atoms with Crippen molar-refractivity contribution >= 4 is 39.3 Å². The highest BCUT2D eigenvalue weighted by Gasteiger charge is 2.33. The maximum absolute atomic E-state index is 13.7. The summed E-state index contributed by atoms with van der Waals surface area (Å²) < 4.78 is 20.3. The van der Waals surface area contributed by atoms with Gasteiger partial charge in [0.15, 0.2) is 0 Å². The van der Waals surface area contributed by atoms with Crippen LogP contribution in [0.1, 0.15) is 25.7 Å². The van der Waals surface area contributed by atoms with E-state index in [4.69, 9.17) is 4.74 Å². The van der Waals surface area contributed by atoms with E-state index in [2.05, 4.69) is 4.98 Å². The topological polar surface area (TPSA) is 79.8 Å². The van der Waals surface area contributed by atoms with Crippen molar-refractivity contribution in [2.45, 2.75) is 31.8 Å². The average Bonchev–Trinajstić information content (AvgIpc) is 3.21. The van der Waals surface area contributed by atoms with Gasteiger partial charge in [-0.3, -0.25) is 19.3 Å². The Bertz CT molecular complexity index is 891. The van der Waals surface area contributed by atoms with E-state index in [1.165, 1.54) is 17.4 Å². The van der Waals surface area contributed by atoms with E-state index in [1.54, 1.807) is 17.0 Å². The van der Waals surface area contributed by atoms with Gasteiger partial charge < -0.3 is 9.64 Å². The van der Waals surface area contributed by atoms with Gasteiger partial charge in [0.25, 0.3) is 5.19 Å². The third-order valence-electron chi connectivity index (χ3n) is 4.86. The Hall–Kier alpha value is -2.55. The fourth-order valence-corrected chi connectivity index (χ4v) is 4.24. The summed E-state index contributed by atoms with van der Waals surface area (Å²) in [7, 11) is 0. The SMILES string of the molecule is O=C(CN1C(=O)CCC1=O)N1CCC(Oc2nc3c(F)cccc3s2)CC1. The second-order valence-electron chi connectivity index (χ2n) is 6.64. The summed E-state index contributed by atoms with van der Waals surface area (Å²) in [5.41, 5.74) is 0.310. The molecule has 0 atom stereocenters. The first kappa shape index (κ1) is 17.8. The second kappa shape index (κ2) is 7.22. The number of para-hydroxylation sites is 1. The largest absolute Gasteiger partial charge is 0.467 e. The van der Waals surface area contributed by atoms with Gasteiger partial charge in [0.2, 0.25) is 17.7 Å². The molecule has 1 aromatic carbocycles. The number of likely N-dealkylation sites (tertiary alicyclic amines) is 2. The minimum Gasteiger partial charge on any atom is -0.467 e. The second-order valence-corrected chi connectivity index (χ2v) is 7.63. The minimum atomic E-state index is -0.370. The van der Waals surface area contributed by atoms with Crippen LogP contribution in [0.25, 0.3) is 10.2 Å². The van der Waals surface area contributed by atoms with E-state index >= 15 is 0 Å². The molecule has 2 aliphatic heterocycles. The van der Waals surface area contributed by atoms with Crippen molar-refractivity contribution in [3.8, 4) is 5.19 Å². The van der Waals surface area contributed by atoms with Crippen LogP contribution in [-0.2, 0) is 14.4 Å². The Balaban J connectivity index is 1.32. The predicted octanol–water partition coefficient (Wildman–Crippen LogP) is 1.95. The number of benzene rings is 1. The van der Waals surface area contributed by atoms with Crippen LogP contribution in [0.4, 0.5) is 4.39 Å². The van der Waals surface area contributed by atoms with Crippen LogP contribution in [0.5, 0.6) is 5.19 Å². The Kier molecular flexibility index (Phi) is 4.77. The van der Waals surface area contributed by atoms with Crippen molar-refractivity contribution in [1.82, 2.24) is 14.8 Å². The molecule has 9 heteroatoms. The summed E-state index contributed by atoms with van der Waals surface area (Å²) in [6.07, 6.45) is 1.50. The van der Waals surface area contributed by atoms with Crippen molar-refractivity contribution in [2.75, 3.05) is 19.6 Å². The molecular weight excluding hydrogens is 373 g/mol. The van der Waals surface area contributed by atoms with Crippen molar-refractivity contribution in [1.29, 1.82) is 0 Å². The number of fused-ring (bicyclic) bond motifs is 1. The standard InChI is InChI=1S/C18H18FN3O4S/c19-12-2-1-3-13-17(12)20-18(27-13)26-11-6-8-21(9-7-11)16(25)10-22-14(23)4-5-15(22)24/h1-3,11H,4-10H2. The monoisotopic (exact) mass is 391 g/mol. The van der Waals surface area contributed by atoms with Gasteiger partial charge in [-0.15, -0.1) is 0 Å². The number of imide groups is 1. The van der Waals surface area contributed by atoms with E-state index in [0.29, 0.717) is 36.6 Å². The van der Waals surface area contributed by atoms with E-state index in [9.17, 15) is 18.8 Å². The lowest BCUT2D eigenvalue weighted by molar-refractivity contribution is -0.146. The number of carbonyl (C=O) groups excluding carboxylic acids is 3. The molecule has 4 rings (SSSR count). The van der Waals surface area contributed by atoms with Crippen molar-refractivity contribution < 1.29 is 23.5 Å². The quantitative estimate of drug-likeness (QED) is 0.745. The predicted molar refractivity (Wildman–Crippen MR) is 95.8 cm³/mol. The number of halogens is 1. The van der Waals surface area contributed by atoms with Crippen LogP contribution >= 0.6 is 11.3 Å². The van der Waals surface area contributed by atoms with Crippen LogP contribution < -0.4 is 4.74 Å². The van der Waals surface area contributed by atoms with Gasteiger partial charge >= 0.3 is 0 Å². The molecule has 0 aliphatic carbocycles. The number of carbonyl (C=O) groups is 3. The number of amides is 3. The summed E-state index contributed by atoms with van der Waals surface area (Å²) >= 11 is 1.30. The van der Waals surface area contributed by atoms with Gasteiger partial charge in [0.1, 0.15) is 24.0 Å². The number of thiazole rings is 1. The first-order chi connectivity index (χ1) is 13.0. The molecular formula is C18H18FN3O4S. The van der Waals surface area contributed by atoms with E-state index < -0.39 is 0 Å². The zero-order valence-electron chi connectivity index (χ0n) is 14.5. The molecule has 0 bridgehead atoms. The number of rotatable bonds is 4. The number of hydrogen-bond acceptors (Lipinski definition) is 6. The Labute approximate surface area is 158 Å². The molecule has 0 radical (unpaired) electrons. The molecule has 27 heavy (non-hydrogen) atoms. The van der Waals surface area contributed by atoms with Gasteiger partial charge in [0.05, 0.1) is 4.70 Å². The highest BCUT2D eigenvalue weighted by atomic mass is 32.1. The Morgan fingerprint density at radius 1 is 1.22 bits per heavy atom. The summed E-state index contributed by atoms with van der Waals surface area (Å²) in [5, 5.41) is 0.424. The normalized spacial score (nSPS) is 18.6. The summed E-state index contributed by atoms with van der Waals surface area (Å²) in [5.74, 6) is -1.16. The molecule has 2 fully saturated rings. The highest BCUT2D eigenvalue weighted by Crippen LogP contribution is 2.31. The number of aromatic nitrogens is 1. The van der Waals surface area contributed by atoms with Gasteiger partial charge in [0, 0.05) is 38.8 Å². The van der Waals surface area contributed by atoms with Crippen LogP contribution in [0.2, 0.25) is 0 Å². The third kappa shape index (κ3) is 3.64. The smallest absolute Gasteiger partial charge is 0.274 e. The van der Waals surface area contributed by atoms with Crippen molar-refractivity contribution in [3.63, 3.8) is 0 Å². The lowest BCUT2D eigenvalue weighted by Gasteiger charge is -2.32. The first-order valence-electron chi connectivity index (χ1n) is 8.84. The lowest BCUT2D eigenvalue weighted by Crippen LogP contribution is -2.47. The van der Waals surface area contributed by atoms with Crippen molar-refractivity contribution in [2.24, 2.45) is 0 Å². The molecule has 2 saturated heterocycles. The molecule has 2 aliphatic rings. The zero-order valence-corrected chi connectivity index (χ0v) is 15.3. The first-order valence-corrected chi connectivity index (χ1v) is 9.65. The summed E-state index contributed by atoms with van der Waals surface area (Å²) in [4.78, 5) is 42.5. The molecule has 2 aromatic rings. The molecule has 1 aromatic heterocycles. The van der Waals surface area contributed by atoms with Crippen LogP contribution in [0.15, 0.2) is 18.2 Å². The van der Waals surface area contributed by atoms with Gasteiger partial charge in [-0.25, -0.2) is 4.39 Å². The third-order valence-corrected chi connectivity index (χ3v) is 5.77. The molecule has 142 valence electrons. The molecule has 0 spiro atoms. The number of ether oxygens (including phenoxy) is 1. The van der Waals surface area contributed by atoms with E-state index in [0.717, 1.165) is 9.60 Å². The van der Waals surface area contributed by atoms with Crippen LogP contribution in [0, 0.1) is 5.82 Å². The Morgan fingerprint density at radius 2 is 1.93 bits per heavy atom. The molecule has 0 saturated carbocycles. The van der Waals surface area contributed by atoms with Crippen LogP contribution in [0.3, 0.4) is 0 Å². The van der Waals surface area contributed by atoms with Gasteiger partial charge in [-0.05, 0) is 12.1 Å². The van der Waals surface area contributed by atoms with E-state index in [1.807, 2.05) is 0 Å². The zero-order chi connectivity index (χ0) is 19.0. The minimum absolute atomic E-state index is 0.104. The van der Waals surface area contributed by atoms with E-state index in [-0.39, 0.29) is 49.0 Å². The lowest BCUT2D eigenvalue weighted by atomic mass is 10.1. The van der Waals surface area contributed by atoms with Gasteiger partial charge in [-0.1, -0.05) is 17.4 Å². The molecule has 0 N–H and O–H groups in total. The number of hydrogen-bond donors (Lipinski definition) is 0. The fourth-order valence-electron chi connectivity index (χ4n) is 3.35. The summed E-state index contributed by atoms with van der Waals surface area (Å²) in [6.45, 7) is 0.790. The fraction of sp³-hybridized carbons (Fsp3) is 0.444. The number of nitrogens with zero attached hydrogens (tertiary/aromatic N) is 3. The molecule has 0 unspecified atom stereocenters. The van der Waals surface area contributed by atoms with Gasteiger partial charge in [-0.2, -0.15) is 4.98 Å². The number of piperidine rings is 1. The molecule has 3 amide bonds. The average molecular weight is 391 g/mol. The highest BCUT2D eigenvalue weighted by molar-refractivity contribution is 7.20. The summed E-state index contributed by atoms with van der Waals surface area (Å²) in [6, 6.07) is 4.80. The maximum Gasteiger partial charge on any atom is 0.274 e. The Morgan fingerprint density at radius 3 is 2.59 bits per heavy atom.